The summed E-state index contributed by atoms with van der Waals surface area (Å²) < 4.78 is 10.6. The number of ether oxygens (including phenoxy) is 2. The van der Waals surface area contributed by atoms with Gasteiger partial charge in [-0.1, -0.05) is 36.4 Å². The molecule has 1 unspecified atom stereocenters. The molecular formula is C26H31N3O3. The number of nitrogens with zero attached hydrogens (tertiary/aromatic N) is 2. The van der Waals surface area contributed by atoms with Crippen LogP contribution in [0.5, 0.6) is 11.5 Å². The third-order valence-corrected chi connectivity index (χ3v) is 6.01. The maximum atomic E-state index is 12.9. The number of benzene rings is 2. The highest BCUT2D eigenvalue weighted by Gasteiger charge is 2.25. The minimum absolute atomic E-state index is 0.109. The van der Waals surface area contributed by atoms with Crippen molar-refractivity contribution in [2.24, 2.45) is 5.92 Å². The van der Waals surface area contributed by atoms with Crippen LogP contribution in [0.2, 0.25) is 0 Å². The molecule has 1 heterocycles. The van der Waals surface area contributed by atoms with Crippen molar-refractivity contribution in [1.29, 1.82) is 5.26 Å². The summed E-state index contributed by atoms with van der Waals surface area (Å²) >= 11 is 0. The van der Waals surface area contributed by atoms with E-state index in [9.17, 15) is 10.1 Å². The SMILES string of the molecule is COc1ccc(C(C)N/C=C(/C#N)C(=O)N2CCC(Cc3ccccc3)CC2)cc1OC. The number of hydrogen-bond donors (Lipinski definition) is 1. The first-order valence-corrected chi connectivity index (χ1v) is 11.0. The van der Waals surface area contributed by atoms with Crippen molar-refractivity contribution >= 4 is 5.91 Å². The molecule has 32 heavy (non-hydrogen) atoms. The molecule has 1 aliphatic rings. The summed E-state index contributed by atoms with van der Waals surface area (Å²) in [5.74, 6) is 1.65. The van der Waals surface area contributed by atoms with E-state index in [-0.39, 0.29) is 17.5 Å². The van der Waals surface area contributed by atoms with Crippen molar-refractivity contribution in [2.75, 3.05) is 27.3 Å². The first-order chi connectivity index (χ1) is 15.5. The molecule has 0 spiro atoms. The van der Waals surface area contributed by atoms with Gasteiger partial charge in [0, 0.05) is 25.3 Å². The molecule has 6 nitrogen and oxygen atoms in total. The van der Waals surface area contributed by atoms with Gasteiger partial charge in [-0.3, -0.25) is 4.79 Å². The number of likely N-dealkylation sites (tertiary alicyclic amines) is 1. The topological polar surface area (TPSA) is 74.6 Å². The van der Waals surface area contributed by atoms with Gasteiger partial charge in [0.25, 0.3) is 5.91 Å². The number of carbonyl (C=O) groups excluding carboxylic acids is 1. The van der Waals surface area contributed by atoms with Gasteiger partial charge >= 0.3 is 0 Å². The third-order valence-electron chi connectivity index (χ3n) is 6.01. The Balaban J connectivity index is 1.57. The van der Waals surface area contributed by atoms with Gasteiger partial charge in [0.05, 0.1) is 14.2 Å². The smallest absolute Gasteiger partial charge is 0.265 e. The molecule has 1 fully saturated rings. The molecule has 2 aromatic carbocycles. The highest BCUT2D eigenvalue weighted by molar-refractivity contribution is 5.97. The summed E-state index contributed by atoms with van der Waals surface area (Å²) in [5, 5.41) is 12.7. The van der Waals surface area contributed by atoms with Crippen molar-refractivity contribution < 1.29 is 14.3 Å². The quantitative estimate of drug-likeness (QED) is 0.498. The Labute approximate surface area is 190 Å². The molecule has 0 saturated carbocycles. The van der Waals surface area contributed by atoms with Crippen LogP contribution >= 0.6 is 0 Å². The standard InChI is InChI=1S/C26H31N3O3/c1-19(22-9-10-24(31-2)25(16-22)32-3)28-18-23(17-27)26(30)29-13-11-21(12-14-29)15-20-7-5-4-6-8-20/h4-10,16,18-19,21,28H,11-15H2,1-3H3/b23-18-. The Kier molecular flexibility index (Phi) is 8.15. The summed E-state index contributed by atoms with van der Waals surface area (Å²) in [4.78, 5) is 14.7. The monoisotopic (exact) mass is 433 g/mol. The molecule has 0 aromatic heterocycles. The lowest BCUT2D eigenvalue weighted by molar-refractivity contribution is -0.128. The highest BCUT2D eigenvalue weighted by atomic mass is 16.5. The first kappa shape index (κ1) is 23.2. The summed E-state index contributed by atoms with van der Waals surface area (Å²) in [5.41, 5.74) is 2.42. The second-order valence-corrected chi connectivity index (χ2v) is 8.10. The molecule has 1 N–H and O–H groups in total. The predicted molar refractivity (Wildman–Crippen MR) is 124 cm³/mol. The van der Waals surface area contributed by atoms with Crippen molar-refractivity contribution in [1.82, 2.24) is 10.2 Å². The fourth-order valence-corrected chi connectivity index (χ4v) is 4.03. The lowest BCUT2D eigenvalue weighted by atomic mass is 9.90. The van der Waals surface area contributed by atoms with Gasteiger partial charge in [-0.05, 0) is 55.4 Å². The number of nitriles is 1. The number of rotatable bonds is 8. The summed E-state index contributed by atoms with van der Waals surface area (Å²) in [6.07, 6.45) is 4.47. The molecule has 0 radical (unpaired) electrons. The zero-order chi connectivity index (χ0) is 22.9. The zero-order valence-electron chi connectivity index (χ0n) is 19.0. The molecule has 168 valence electrons. The van der Waals surface area contributed by atoms with Crippen LogP contribution in [-0.4, -0.2) is 38.1 Å². The summed E-state index contributed by atoms with van der Waals surface area (Å²) in [6, 6.07) is 18.1. The normalized spacial score (nSPS) is 15.6. The van der Waals surface area contributed by atoms with E-state index in [4.69, 9.17) is 9.47 Å². The maximum absolute atomic E-state index is 12.9. The maximum Gasteiger partial charge on any atom is 0.265 e. The van der Waals surface area contributed by atoms with E-state index in [1.54, 1.807) is 19.1 Å². The lowest BCUT2D eigenvalue weighted by Gasteiger charge is -2.32. The Morgan fingerprint density at radius 2 is 1.84 bits per heavy atom. The Morgan fingerprint density at radius 1 is 1.16 bits per heavy atom. The summed E-state index contributed by atoms with van der Waals surface area (Å²) in [6.45, 7) is 3.33. The van der Waals surface area contributed by atoms with Gasteiger partial charge in [-0.2, -0.15) is 5.26 Å². The van der Waals surface area contributed by atoms with Gasteiger partial charge in [0.1, 0.15) is 11.6 Å². The minimum atomic E-state index is -0.210. The number of piperidine rings is 1. The fraction of sp³-hybridized carbons (Fsp3) is 0.385. The van der Waals surface area contributed by atoms with Crippen molar-refractivity contribution in [3.8, 4) is 17.6 Å². The molecular weight excluding hydrogens is 402 g/mol. The van der Waals surface area contributed by atoms with Crippen LogP contribution < -0.4 is 14.8 Å². The largest absolute Gasteiger partial charge is 0.493 e. The average Bonchev–Trinajstić information content (AvgIpc) is 2.84. The molecule has 3 rings (SSSR count). The zero-order valence-corrected chi connectivity index (χ0v) is 19.0. The molecule has 1 atom stereocenters. The van der Waals surface area contributed by atoms with Crippen LogP contribution in [0.4, 0.5) is 0 Å². The van der Waals surface area contributed by atoms with Crippen LogP contribution in [-0.2, 0) is 11.2 Å². The number of hydrogen-bond acceptors (Lipinski definition) is 5. The number of nitrogens with one attached hydrogen (secondary N) is 1. The van der Waals surface area contributed by atoms with E-state index in [1.807, 2.05) is 31.2 Å². The van der Waals surface area contributed by atoms with Crippen LogP contribution in [0.1, 0.15) is 36.9 Å². The Bertz CT molecular complexity index is 974. The van der Waals surface area contributed by atoms with E-state index in [0.717, 1.165) is 24.8 Å². The van der Waals surface area contributed by atoms with Crippen molar-refractivity contribution in [3.63, 3.8) is 0 Å². The average molecular weight is 434 g/mol. The number of carbonyl (C=O) groups is 1. The molecule has 6 heteroatoms. The predicted octanol–water partition coefficient (Wildman–Crippen LogP) is 4.24. The second-order valence-electron chi connectivity index (χ2n) is 8.10. The molecule has 1 amide bonds. The first-order valence-electron chi connectivity index (χ1n) is 11.0. The van der Waals surface area contributed by atoms with E-state index in [2.05, 4.69) is 35.7 Å². The van der Waals surface area contributed by atoms with Gasteiger partial charge < -0.3 is 19.7 Å². The van der Waals surface area contributed by atoms with Gasteiger partial charge in [0.2, 0.25) is 0 Å². The van der Waals surface area contributed by atoms with Gasteiger partial charge in [-0.25, -0.2) is 0 Å². The summed E-state index contributed by atoms with van der Waals surface area (Å²) in [7, 11) is 3.19. The highest BCUT2D eigenvalue weighted by Crippen LogP contribution is 2.30. The lowest BCUT2D eigenvalue weighted by Crippen LogP contribution is -2.39. The Hall–Kier alpha value is -3.46. The van der Waals surface area contributed by atoms with E-state index >= 15 is 0 Å². The number of amides is 1. The second kappa shape index (κ2) is 11.2. The van der Waals surface area contributed by atoms with E-state index in [0.29, 0.717) is 30.5 Å². The van der Waals surface area contributed by atoms with Gasteiger partial charge in [0.15, 0.2) is 11.5 Å². The molecule has 1 saturated heterocycles. The van der Waals surface area contributed by atoms with Crippen LogP contribution in [0.15, 0.2) is 60.3 Å². The van der Waals surface area contributed by atoms with Crippen LogP contribution in [0, 0.1) is 17.2 Å². The van der Waals surface area contributed by atoms with Crippen LogP contribution in [0.25, 0.3) is 0 Å². The fourth-order valence-electron chi connectivity index (χ4n) is 4.03. The van der Waals surface area contributed by atoms with E-state index < -0.39 is 0 Å². The number of methoxy groups -OCH3 is 2. The molecule has 0 bridgehead atoms. The van der Waals surface area contributed by atoms with Crippen molar-refractivity contribution in [3.05, 3.63) is 71.4 Å². The molecule has 0 aliphatic carbocycles. The van der Waals surface area contributed by atoms with Crippen molar-refractivity contribution in [2.45, 2.75) is 32.2 Å². The molecule has 2 aromatic rings. The minimum Gasteiger partial charge on any atom is -0.493 e. The molecule has 1 aliphatic heterocycles. The van der Waals surface area contributed by atoms with E-state index in [1.165, 1.54) is 11.8 Å². The van der Waals surface area contributed by atoms with Gasteiger partial charge in [-0.15, -0.1) is 0 Å². The third kappa shape index (κ3) is 5.82. The van der Waals surface area contributed by atoms with Crippen LogP contribution in [0.3, 0.4) is 0 Å². The Morgan fingerprint density at radius 3 is 2.47 bits per heavy atom.